The van der Waals surface area contributed by atoms with Crippen LogP contribution in [0.2, 0.25) is 0 Å². The predicted molar refractivity (Wildman–Crippen MR) is 75.7 cm³/mol. The highest BCUT2D eigenvalue weighted by Crippen LogP contribution is 2.25. The molecule has 0 saturated carbocycles. The topological polar surface area (TPSA) is 44.8 Å². The average molecular weight is 272 g/mol. The lowest BCUT2D eigenvalue weighted by Crippen LogP contribution is -1.99. The van der Waals surface area contributed by atoms with Gasteiger partial charge in [0.25, 0.3) is 0 Å². The third-order valence-corrected chi connectivity index (χ3v) is 2.90. The summed E-state index contributed by atoms with van der Waals surface area (Å²) in [7, 11) is 3.23. The molecule has 2 aromatic carbocycles. The molecular formula is C16H16O4. The highest BCUT2D eigenvalue weighted by Gasteiger charge is 2.06. The van der Waals surface area contributed by atoms with Gasteiger partial charge in [-0.1, -0.05) is 0 Å². The van der Waals surface area contributed by atoms with E-state index in [0.717, 1.165) is 23.3 Å². The molecule has 0 atom stereocenters. The normalized spacial score (nSPS) is 9.90. The molecule has 0 spiro atoms. The van der Waals surface area contributed by atoms with Crippen LogP contribution >= 0.6 is 0 Å². The zero-order chi connectivity index (χ0) is 14.4. The van der Waals surface area contributed by atoms with E-state index in [1.807, 2.05) is 18.2 Å². The molecule has 2 aromatic rings. The zero-order valence-electron chi connectivity index (χ0n) is 11.5. The third-order valence-electron chi connectivity index (χ3n) is 2.90. The van der Waals surface area contributed by atoms with E-state index in [2.05, 4.69) is 0 Å². The summed E-state index contributed by atoms with van der Waals surface area (Å²) < 4.78 is 16.2. The van der Waals surface area contributed by atoms with E-state index in [9.17, 15) is 4.79 Å². The van der Waals surface area contributed by atoms with Crippen molar-refractivity contribution in [3.05, 3.63) is 53.6 Å². The predicted octanol–water partition coefficient (Wildman–Crippen LogP) is 3.10. The molecule has 0 aliphatic rings. The maximum absolute atomic E-state index is 10.6. The van der Waals surface area contributed by atoms with Gasteiger partial charge in [0.05, 0.1) is 14.2 Å². The van der Waals surface area contributed by atoms with Crippen molar-refractivity contribution in [3.8, 4) is 17.2 Å². The lowest BCUT2D eigenvalue weighted by molar-refractivity contribution is 0.112. The number of methoxy groups -OCH3 is 2. The Morgan fingerprint density at radius 2 is 1.65 bits per heavy atom. The largest absolute Gasteiger partial charge is 0.497 e. The molecule has 104 valence electrons. The first-order chi connectivity index (χ1) is 9.76. The minimum Gasteiger partial charge on any atom is -0.497 e. The standard InChI is InChI=1S/C16H16O4/c1-18-15-7-8-16(19-2)13(9-15)11-20-14-5-3-12(10-17)4-6-14/h3-10H,11H2,1-2H3. The van der Waals surface area contributed by atoms with Crippen LogP contribution in [0, 0.1) is 0 Å². The molecule has 0 aliphatic heterocycles. The molecule has 0 N–H and O–H groups in total. The number of rotatable bonds is 6. The molecule has 0 bridgehead atoms. The second-order valence-corrected chi connectivity index (χ2v) is 4.15. The van der Waals surface area contributed by atoms with E-state index < -0.39 is 0 Å². The first-order valence-electron chi connectivity index (χ1n) is 6.15. The fourth-order valence-electron chi connectivity index (χ4n) is 1.80. The quantitative estimate of drug-likeness (QED) is 0.758. The number of benzene rings is 2. The van der Waals surface area contributed by atoms with Gasteiger partial charge in [0.15, 0.2) is 0 Å². The van der Waals surface area contributed by atoms with Gasteiger partial charge in [-0.2, -0.15) is 0 Å². The number of carbonyl (C=O) groups excluding carboxylic acids is 1. The Hall–Kier alpha value is -2.49. The van der Waals surface area contributed by atoms with Gasteiger partial charge >= 0.3 is 0 Å². The SMILES string of the molecule is COc1ccc(OC)c(COc2ccc(C=O)cc2)c1. The minimum absolute atomic E-state index is 0.362. The van der Waals surface area contributed by atoms with Gasteiger partial charge in [-0.25, -0.2) is 0 Å². The van der Waals surface area contributed by atoms with Crippen LogP contribution in [-0.4, -0.2) is 20.5 Å². The van der Waals surface area contributed by atoms with Gasteiger partial charge in [-0.15, -0.1) is 0 Å². The summed E-state index contributed by atoms with van der Waals surface area (Å²) in [6.45, 7) is 0.362. The van der Waals surface area contributed by atoms with E-state index in [4.69, 9.17) is 14.2 Å². The van der Waals surface area contributed by atoms with Gasteiger partial charge in [-0.05, 0) is 42.5 Å². The first-order valence-corrected chi connectivity index (χ1v) is 6.15. The van der Waals surface area contributed by atoms with Crippen LogP contribution in [0.1, 0.15) is 15.9 Å². The molecule has 2 rings (SSSR count). The number of hydrogen-bond donors (Lipinski definition) is 0. The van der Waals surface area contributed by atoms with Crippen LogP contribution in [0.3, 0.4) is 0 Å². The lowest BCUT2D eigenvalue weighted by Gasteiger charge is -2.11. The summed E-state index contributed by atoms with van der Waals surface area (Å²) in [5.74, 6) is 2.19. The second kappa shape index (κ2) is 6.61. The maximum Gasteiger partial charge on any atom is 0.150 e. The van der Waals surface area contributed by atoms with Crippen LogP contribution in [0.5, 0.6) is 17.2 Å². The van der Waals surface area contributed by atoms with Crippen LogP contribution < -0.4 is 14.2 Å². The van der Waals surface area contributed by atoms with Crippen LogP contribution in [0.25, 0.3) is 0 Å². The molecule has 0 amide bonds. The van der Waals surface area contributed by atoms with Gasteiger partial charge in [0.2, 0.25) is 0 Å². The second-order valence-electron chi connectivity index (χ2n) is 4.15. The smallest absolute Gasteiger partial charge is 0.150 e. The molecule has 0 heterocycles. The van der Waals surface area contributed by atoms with Gasteiger partial charge in [0, 0.05) is 11.1 Å². The fraction of sp³-hybridized carbons (Fsp3) is 0.188. The molecule has 20 heavy (non-hydrogen) atoms. The highest BCUT2D eigenvalue weighted by atomic mass is 16.5. The molecule has 0 radical (unpaired) electrons. The summed E-state index contributed by atoms with van der Waals surface area (Å²) in [4.78, 5) is 10.6. The average Bonchev–Trinajstić information content (AvgIpc) is 2.53. The Balaban J connectivity index is 2.10. The summed E-state index contributed by atoms with van der Waals surface area (Å²) >= 11 is 0. The third kappa shape index (κ3) is 3.29. The molecule has 0 unspecified atom stereocenters. The maximum atomic E-state index is 10.6. The summed E-state index contributed by atoms with van der Waals surface area (Å²) in [5.41, 5.74) is 1.52. The van der Waals surface area contributed by atoms with Crippen molar-refractivity contribution in [3.63, 3.8) is 0 Å². The van der Waals surface area contributed by atoms with Crippen LogP contribution in [0.4, 0.5) is 0 Å². The zero-order valence-corrected chi connectivity index (χ0v) is 11.5. The Kier molecular flexibility index (Phi) is 4.60. The number of hydrogen-bond acceptors (Lipinski definition) is 4. The van der Waals surface area contributed by atoms with E-state index in [1.54, 1.807) is 38.5 Å². The highest BCUT2D eigenvalue weighted by molar-refractivity contribution is 5.74. The Bertz CT molecular complexity index is 576. The van der Waals surface area contributed by atoms with Crippen molar-refractivity contribution in [2.75, 3.05) is 14.2 Å². The first kappa shape index (κ1) is 13.9. The molecule has 0 saturated heterocycles. The monoisotopic (exact) mass is 272 g/mol. The van der Waals surface area contributed by atoms with E-state index in [0.29, 0.717) is 17.9 Å². The Morgan fingerprint density at radius 1 is 0.950 bits per heavy atom. The summed E-state index contributed by atoms with van der Waals surface area (Å²) in [6.07, 6.45) is 0.800. The number of carbonyl (C=O) groups is 1. The number of ether oxygens (including phenoxy) is 3. The van der Waals surface area contributed by atoms with E-state index in [-0.39, 0.29) is 0 Å². The van der Waals surface area contributed by atoms with E-state index >= 15 is 0 Å². The molecule has 0 fully saturated rings. The van der Waals surface area contributed by atoms with Crippen molar-refractivity contribution in [2.45, 2.75) is 6.61 Å². The Morgan fingerprint density at radius 3 is 2.25 bits per heavy atom. The number of aldehydes is 1. The molecule has 0 aliphatic carbocycles. The van der Waals surface area contributed by atoms with Crippen molar-refractivity contribution in [2.24, 2.45) is 0 Å². The minimum atomic E-state index is 0.362. The summed E-state index contributed by atoms with van der Waals surface area (Å²) in [6, 6.07) is 12.5. The van der Waals surface area contributed by atoms with Crippen molar-refractivity contribution >= 4 is 6.29 Å². The van der Waals surface area contributed by atoms with Gasteiger partial charge < -0.3 is 14.2 Å². The fourth-order valence-corrected chi connectivity index (χ4v) is 1.80. The Labute approximate surface area is 117 Å². The lowest BCUT2D eigenvalue weighted by atomic mass is 10.2. The van der Waals surface area contributed by atoms with Crippen LogP contribution in [0.15, 0.2) is 42.5 Å². The molecule has 4 nitrogen and oxygen atoms in total. The van der Waals surface area contributed by atoms with Crippen molar-refractivity contribution in [1.82, 2.24) is 0 Å². The van der Waals surface area contributed by atoms with Gasteiger partial charge in [-0.3, -0.25) is 4.79 Å². The molecule has 4 heteroatoms. The van der Waals surface area contributed by atoms with Gasteiger partial charge in [0.1, 0.15) is 30.1 Å². The van der Waals surface area contributed by atoms with Crippen molar-refractivity contribution in [1.29, 1.82) is 0 Å². The van der Waals surface area contributed by atoms with Crippen LogP contribution in [-0.2, 0) is 6.61 Å². The molecule has 0 aromatic heterocycles. The van der Waals surface area contributed by atoms with Crippen molar-refractivity contribution < 1.29 is 19.0 Å². The van der Waals surface area contributed by atoms with E-state index in [1.165, 1.54) is 0 Å². The molecular weight excluding hydrogens is 256 g/mol. The summed E-state index contributed by atoms with van der Waals surface area (Å²) in [5, 5.41) is 0.